The summed E-state index contributed by atoms with van der Waals surface area (Å²) in [6.45, 7) is 1.97. The van der Waals surface area contributed by atoms with Gasteiger partial charge in [0.1, 0.15) is 16.9 Å². The maximum atomic E-state index is 12.9. The SMILES string of the molecule is CCCC[C@H](NC(=O)Cc1nc(-c2ccc(F)cc2)cs1)C(=O)O. The summed E-state index contributed by atoms with van der Waals surface area (Å²) in [4.78, 5) is 27.5. The van der Waals surface area contributed by atoms with E-state index < -0.39 is 12.0 Å². The summed E-state index contributed by atoms with van der Waals surface area (Å²) in [7, 11) is 0. The van der Waals surface area contributed by atoms with Gasteiger partial charge in [-0.05, 0) is 30.7 Å². The summed E-state index contributed by atoms with van der Waals surface area (Å²) in [5.74, 6) is -1.71. The molecule has 1 amide bonds. The first-order valence-corrected chi connectivity index (χ1v) is 8.60. The molecule has 0 saturated carbocycles. The number of thiazole rings is 1. The summed E-state index contributed by atoms with van der Waals surface area (Å²) in [6, 6.07) is 5.09. The van der Waals surface area contributed by atoms with Crippen LogP contribution in [-0.4, -0.2) is 28.0 Å². The lowest BCUT2D eigenvalue weighted by Gasteiger charge is -2.13. The zero-order valence-electron chi connectivity index (χ0n) is 13.3. The first-order valence-electron chi connectivity index (χ1n) is 7.72. The summed E-state index contributed by atoms with van der Waals surface area (Å²) >= 11 is 1.32. The van der Waals surface area contributed by atoms with Crippen molar-refractivity contribution in [3.63, 3.8) is 0 Å². The van der Waals surface area contributed by atoms with Gasteiger partial charge in [-0.2, -0.15) is 0 Å². The van der Waals surface area contributed by atoms with Crippen LogP contribution in [-0.2, 0) is 16.0 Å². The number of carbonyl (C=O) groups is 2. The average molecular weight is 350 g/mol. The van der Waals surface area contributed by atoms with E-state index in [2.05, 4.69) is 10.3 Å². The highest BCUT2D eigenvalue weighted by atomic mass is 32.1. The number of nitrogens with one attached hydrogen (secondary N) is 1. The molecule has 0 saturated heterocycles. The molecule has 24 heavy (non-hydrogen) atoms. The highest BCUT2D eigenvalue weighted by Gasteiger charge is 2.20. The number of benzene rings is 1. The molecule has 0 aliphatic rings. The Morgan fingerprint density at radius 3 is 2.67 bits per heavy atom. The third kappa shape index (κ3) is 5.13. The van der Waals surface area contributed by atoms with Crippen LogP contribution in [0.2, 0.25) is 0 Å². The van der Waals surface area contributed by atoms with Crippen molar-refractivity contribution < 1.29 is 19.1 Å². The molecule has 0 spiro atoms. The maximum absolute atomic E-state index is 12.9. The third-order valence-corrected chi connectivity index (χ3v) is 4.33. The van der Waals surface area contributed by atoms with Gasteiger partial charge in [-0.3, -0.25) is 4.79 Å². The van der Waals surface area contributed by atoms with Crippen LogP contribution in [0.5, 0.6) is 0 Å². The highest BCUT2D eigenvalue weighted by molar-refractivity contribution is 7.10. The normalized spacial score (nSPS) is 11.9. The monoisotopic (exact) mass is 350 g/mol. The molecule has 2 aromatic rings. The van der Waals surface area contributed by atoms with Gasteiger partial charge in [-0.15, -0.1) is 11.3 Å². The number of rotatable bonds is 8. The Hall–Kier alpha value is -2.28. The van der Waals surface area contributed by atoms with Gasteiger partial charge >= 0.3 is 5.97 Å². The fourth-order valence-corrected chi connectivity index (χ4v) is 3.00. The Bertz CT molecular complexity index is 700. The zero-order valence-corrected chi connectivity index (χ0v) is 14.1. The largest absolute Gasteiger partial charge is 0.480 e. The predicted molar refractivity (Wildman–Crippen MR) is 90.3 cm³/mol. The third-order valence-electron chi connectivity index (χ3n) is 3.48. The van der Waals surface area contributed by atoms with E-state index >= 15 is 0 Å². The number of carboxylic acid groups (broad SMARTS) is 1. The second kappa shape index (κ2) is 8.54. The second-order valence-corrected chi connectivity index (χ2v) is 6.35. The fraction of sp³-hybridized carbons (Fsp3) is 0.353. The topological polar surface area (TPSA) is 79.3 Å². The number of nitrogens with zero attached hydrogens (tertiary/aromatic N) is 1. The molecule has 7 heteroatoms. The summed E-state index contributed by atoms with van der Waals surface area (Å²) < 4.78 is 12.9. The lowest BCUT2D eigenvalue weighted by molar-refractivity contribution is -0.142. The van der Waals surface area contributed by atoms with Gasteiger partial charge in [0.25, 0.3) is 0 Å². The van der Waals surface area contributed by atoms with E-state index in [1.165, 1.54) is 23.5 Å². The Morgan fingerprint density at radius 2 is 2.04 bits per heavy atom. The van der Waals surface area contributed by atoms with E-state index in [4.69, 9.17) is 5.11 Å². The molecule has 128 valence electrons. The van der Waals surface area contributed by atoms with Crippen LogP contribution in [0.4, 0.5) is 4.39 Å². The number of amides is 1. The van der Waals surface area contributed by atoms with Crippen molar-refractivity contribution in [2.24, 2.45) is 0 Å². The second-order valence-electron chi connectivity index (χ2n) is 5.41. The summed E-state index contributed by atoms with van der Waals surface area (Å²) in [5.41, 5.74) is 1.44. The van der Waals surface area contributed by atoms with Crippen molar-refractivity contribution in [3.8, 4) is 11.3 Å². The first kappa shape index (κ1) is 18.1. The van der Waals surface area contributed by atoms with Crippen molar-refractivity contribution in [1.82, 2.24) is 10.3 Å². The van der Waals surface area contributed by atoms with E-state index in [1.807, 2.05) is 6.92 Å². The number of aliphatic carboxylic acids is 1. The van der Waals surface area contributed by atoms with Gasteiger partial charge in [0.15, 0.2) is 0 Å². The molecular formula is C17H19FN2O3S. The summed E-state index contributed by atoms with van der Waals surface area (Å²) in [6.07, 6.45) is 2.05. The number of hydrogen-bond donors (Lipinski definition) is 2. The van der Waals surface area contributed by atoms with Gasteiger partial charge in [-0.1, -0.05) is 19.8 Å². The number of aromatic nitrogens is 1. The number of halogens is 1. The van der Waals surface area contributed by atoms with Crippen molar-refractivity contribution in [3.05, 3.63) is 40.5 Å². The van der Waals surface area contributed by atoms with Gasteiger partial charge in [0.05, 0.1) is 12.1 Å². The van der Waals surface area contributed by atoms with E-state index in [0.29, 0.717) is 17.1 Å². The minimum absolute atomic E-state index is 0.0295. The molecule has 5 nitrogen and oxygen atoms in total. The van der Waals surface area contributed by atoms with Crippen LogP contribution in [0, 0.1) is 5.82 Å². The Morgan fingerprint density at radius 1 is 1.33 bits per heavy atom. The molecule has 1 aromatic heterocycles. The smallest absolute Gasteiger partial charge is 0.326 e. The van der Waals surface area contributed by atoms with Crippen molar-refractivity contribution in [1.29, 1.82) is 0 Å². The van der Waals surface area contributed by atoms with Crippen LogP contribution in [0.25, 0.3) is 11.3 Å². The van der Waals surface area contributed by atoms with Crippen molar-refractivity contribution >= 4 is 23.2 Å². The molecule has 0 aliphatic carbocycles. The molecule has 1 atom stereocenters. The predicted octanol–water partition coefficient (Wildman–Crippen LogP) is 3.25. The standard InChI is InChI=1S/C17H19FN2O3S/c1-2-3-4-13(17(22)23)19-15(21)9-16-20-14(10-24-16)11-5-7-12(18)8-6-11/h5-8,10,13H,2-4,9H2,1H3,(H,19,21)(H,22,23)/t13-/m0/s1. The average Bonchev–Trinajstić information content (AvgIpc) is 3.00. The molecule has 0 aliphatic heterocycles. The molecular weight excluding hydrogens is 331 g/mol. The van der Waals surface area contributed by atoms with Crippen LogP contribution in [0.3, 0.4) is 0 Å². The van der Waals surface area contributed by atoms with Crippen LogP contribution >= 0.6 is 11.3 Å². The van der Waals surface area contributed by atoms with Crippen molar-refractivity contribution in [2.75, 3.05) is 0 Å². The minimum atomic E-state index is -1.03. The zero-order chi connectivity index (χ0) is 17.5. The van der Waals surface area contributed by atoms with E-state index in [0.717, 1.165) is 18.4 Å². The first-order chi connectivity index (χ1) is 11.5. The number of unbranched alkanes of at least 4 members (excludes halogenated alkanes) is 1. The lowest BCUT2D eigenvalue weighted by Crippen LogP contribution is -2.41. The van der Waals surface area contributed by atoms with Crippen LogP contribution < -0.4 is 5.32 Å². The van der Waals surface area contributed by atoms with Crippen LogP contribution in [0.15, 0.2) is 29.6 Å². The summed E-state index contributed by atoms with van der Waals surface area (Å²) in [5, 5.41) is 14.0. The Labute approximate surface area is 143 Å². The number of carbonyl (C=O) groups excluding carboxylic acids is 1. The molecule has 0 unspecified atom stereocenters. The molecule has 0 radical (unpaired) electrons. The Balaban J connectivity index is 1.97. The van der Waals surface area contributed by atoms with Crippen LogP contribution in [0.1, 0.15) is 31.2 Å². The fourth-order valence-electron chi connectivity index (χ4n) is 2.19. The molecule has 0 bridgehead atoms. The van der Waals surface area contributed by atoms with E-state index in [1.54, 1.807) is 17.5 Å². The maximum Gasteiger partial charge on any atom is 0.326 e. The molecule has 2 rings (SSSR count). The molecule has 1 heterocycles. The number of carboxylic acids is 1. The lowest BCUT2D eigenvalue weighted by atomic mass is 10.1. The van der Waals surface area contributed by atoms with E-state index in [9.17, 15) is 14.0 Å². The van der Waals surface area contributed by atoms with Crippen molar-refractivity contribution in [2.45, 2.75) is 38.6 Å². The molecule has 0 fully saturated rings. The van der Waals surface area contributed by atoms with Gasteiger partial charge in [-0.25, -0.2) is 14.2 Å². The van der Waals surface area contributed by atoms with Gasteiger partial charge in [0, 0.05) is 10.9 Å². The Kier molecular flexibility index (Phi) is 6.43. The quantitative estimate of drug-likeness (QED) is 0.766. The van der Waals surface area contributed by atoms with Gasteiger partial charge in [0.2, 0.25) is 5.91 Å². The molecule has 2 N–H and O–H groups in total. The molecule has 1 aromatic carbocycles. The highest BCUT2D eigenvalue weighted by Crippen LogP contribution is 2.22. The van der Waals surface area contributed by atoms with E-state index in [-0.39, 0.29) is 18.1 Å². The number of hydrogen-bond acceptors (Lipinski definition) is 4. The van der Waals surface area contributed by atoms with Gasteiger partial charge < -0.3 is 10.4 Å². The minimum Gasteiger partial charge on any atom is -0.480 e.